The Hall–Kier alpha value is -1.91. The minimum absolute atomic E-state index is 0.671. The summed E-state index contributed by atoms with van der Waals surface area (Å²) in [6.07, 6.45) is 0.869. The topological polar surface area (TPSA) is 63.8 Å². The van der Waals surface area contributed by atoms with Crippen molar-refractivity contribution in [3.8, 4) is 11.4 Å². The van der Waals surface area contributed by atoms with Crippen molar-refractivity contribution in [3.05, 3.63) is 23.2 Å². The summed E-state index contributed by atoms with van der Waals surface area (Å²) in [5.41, 5.74) is 2.70. The third kappa shape index (κ3) is 2.13. The predicted octanol–water partition coefficient (Wildman–Crippen LogP) is 2.35. The summed E-state index contributed by atoms with van der Waals surface area (Å²) >= 11 is 0. The highest BCUT2D eigenvalue weighted by Crippen LogP contribution is 2.25. The summed E-state index contributed by atoms with van der Waals surface area (Å²) in [5, 5.41) is 6.97. The largest absolute Gasteiger partial charge is 0.373 e. The molecule has 90 valence electrons. The molecule has 5 heteroatoms. The van der Waals surface area contributed by atoms with Gasteiger partial charge in [-0.05, 0) is 20.3 Å². The second kappa shape index (κ2) is 4.53. The molecule has 0 radical (unpaired) electrons. The summed E-state index contributed by atoms with van der Waals surface area (Å²) in [6.45, 7) is 5.84. The number of aromatic nitrogens is 3. The lowest BCUT2D eigenvalue weighted by molar-refractivity contribution is 0.393. The molecule has 1 N–H and O–H groups in total. The van der Waals surface area contributed by atoms with Crippen LogP contribution in [0.4, 0.5) is 5.82 Å². The molecule has 2 aromatic heterocycles. The van der Waals surface area contributed by atoms with Gasteiger partial charge in [0.15, 0.2) is 5.82 Å². The number of nitrogens with zero attached hydrogens (tertiary/aromatic N) is 3. The van der Waals surface area contributed by atoms with Crippen molar-refractivity contribution in [2.24, 2.45) is 0 Å². The van der Waals surface area contributed by atoms with Crippen molar-refractivity contribution in [1.82, 2.24) is 15.1 Å². The van der Waals surface area contributed by atoms with Crippen LogP contribution in [-0.2, 0) is 6.42 Å². The summed E-state index contributed by atoms with van der Waals surface area (Å²) in [7, 11) is 1.85. The normalized spacial score (nSPS) is 10.6. The van der Waals surface area contributed by atoms with E-state index in [0.717, 1.165) is 35.0 Å². The van der Waals surface area contributed by atoms with E-state index in [0.29, 0.717) is 5.82 Å². The van der Waals surface area contributed by atoms with Crippen LogP contribution in [0.2, 0.25) is 0 Å². The lowest BCUT2D eigenvalue weighted by atomic mass is 10.2. The lowest BCUT2D eigenvalue weighted by Crippen LogP contribution is -2.01. The molecule has 0 aliphatic carbocycles. The summed E-state index contributed by atoms with van der Waals surface area (Å²) in [6, 6.07) is 1.95. The molecule has 0 saturated heterocycles. The van der Waals surface area contributed by atoms with Crippen LogP contribution < -0.4 is 5.32 Å². The van der Waals surface area contributed by atoms with Crippen molar-refractivity contribution in [1.29, 1.82) is 0 Å². The maximum atomic E-state index is 5.15. The van der Waals surface area contributed by atoms with E-state index in [-0.39, 0.29) is 0 Å². The molecule has 0 fully saturated rings. The molecular weight excluding hydrogens is 216 g/mol. The molecule has 0 saturated carbocycles. The summed E-state index contributed by atoms with van der Waals surface area (Å²) in [4.78, 5) is 8.95. The van der Waals surface area contributed by atoms with Crippen molar-refractivity contribution >= 4 is 5.82 Å². The predicted molar refractivity (Wildman–Crippen MR) is 65.9 cm³/mol. The lowest BCUT2D eigenvalue weighted by Gasteiger charge is -2.06. The molecule has 0 bridgehead atoms. The standard InChI is InChI=1S/C12H16N4O/c1-5-9-6-10(13-4)15-12(14-9)11-7(2)16-17-8(11)3/h6H,5H2,1-4H3,(H,13,14,15). The van der Waals surface area contributed by atoms with Crippen molar-refractivity contribution < 1.29 is 4.52 Å². The van der Waals surface area contributed by atoms with E-state index in [2.05, 4.69) is 27.4 Å². The van der Waals surface area contributed by atoms with Gasteiger partial charge in [0.05, 0.1) is 11.3 Å². The minimum Gasteiger partial charge on any atom is -0.373 e. The van der Waals surface area contributed by atoms with Crippen LogP contribution in [0.25, 0.3) is 11.4 Å². The molecule has 0 spiro atoms. The number of hydrogen-bond acceptors (Lipinski definition) is 5. The zero-order valence-corrected chi connectivity index (χ0v) is 10.5. The second-order valence-corrected chi connectivity index (χ2v) is 3.87. The molecule has 0 aromatic carbocycles. The van der Waals surface area contributed by atoms with Gasteiger partial charge in [-0.2, -0.15) is 0 Å². The average Bonchev–Trinajstić information content (AvgIpc) is 2.68. The molecule has 0 atom stereocenters. The van der Waals surface area contributed by atoms with Crippen LogP contribution in [0.15, 0.2) is 10.6 Å². The molecule has 2 rings (SSSR count). The van der Waals surface area contributed by atoms with Crippen LogP contribution in [-0.4, -0.2) is 22.2 Å². The first-order valence-corrected chi connectivity index (χ1v) is 5.64. The highest BCUT2D eigenvalue weighted by molar-refractivity contribution is 5.61. The minimum atomic E-state index is 0.671. The Morgan fingerprint density at radius 2 is 2.06 bits per heavy atom. The first-order valence-electron chi connectivity index (χ1n) is 5.64. The first kappa shape index (κ1) is 11.6. The maximum Gasteiger partial charge on any atom is 0.167 e. The van der Waals surface area contributed by atoms with Crippen LogP contribution in [0.5, 0.6) is 0 Å². The number of rotatable bonds is 3. The zero-order valence-electron chi connectivity index (χ0n) is 10.5. The van der Waals surface area contributed by atoms with Gasteiger partial charge in [0, 0.05) is 18.8 Å². The third-order valence-corrected chi connectivity index (χ3v) is 2.65. The quantitative estimate of drug-likeness (QED) is 0.880. The van der Waals surface area contributed by atoms with E-state index < -0.39 is 0 Å². The number of nitrogens with one attached hydrogen (secondary N) is 1. The van der Waals surface area contributed by atoms with Crippen LogP contribution in [0, 0.1) is 13.8 Å². The Balaban J connectivity index is 2.58. The van der Waals surface area contributed by atoms with E-state index >= 15 is 0 Å². The van der Waals surface area contributed by atoms with Crippen LogP contribution in [0.3, 0.4) is 0 Å². The van der Waals surface area contributed by atoms with Gasteiger partial charge >= 0.3 is 0 Å². The molecule has 2 aromatic rings. The Morgan fingerprint density at radius 1 is 1.29 bits per heavy atom. The Kier molecular flexibility index (Phi) is 3.08. The fourth-order valence-electron chi connectivity index (χ4n) is 1.72. The van der Waals surface area contributed by atoms with E-state index in [1.54, 1.807) is 0 Å². The van der Waals surface area contributed by atoms with Gasteiger partial charge in [-0.25, -0.2) is 9.97 Å². The second-order valence-electron chi connectivity index (χ2n) is 3.87. The molecule has 0 unspecified atom stereocenters. The van der Waals surface area contributed by atoms with Crippen molar-refractivity contribution in [2.45, 2.75) is 27.2 Å². The average molecular weight is 232 g/mol. The molecule has 5 nitrogen and oxygen atoms in total. The molecule has 17 heavy (non-hydrogen) atoms. The van der Waals surface area contributed by atoms with Gasteiger partial charge in [0.2, 0.25) is 0 Å². The summed E-state index contributed by atoms with van der Waals surface area (Å²) in [5.74, 6) is 2.23. The molecular formula is C12H16N4O. The first-order chi connectivity index (χ1) is 8.15. The highest BCUT2D eigenvalue weighted by atomic mass is 16.5. The molecule has 0 amide bonds. The van der Waals surface area contributed by atoms with Crippen molar-refractivity contribution in [3.63, 3.8) is 0 Å². The maximum absolute atomic E-state index is 5.15. The Morgan fingerprint density at radius 3 is 2.59 bits per heavy atom. The number of hydrogen-bond donors (Lipinski definition) is 1. The smallest absolute Gasteiger partial charge is 0.167 e. The monoisotopic (exact) mass is 232 g/mol. The van der Waals surface area contributed by atoms with E-state index in [4.69, 9.17) is 4.52 Å². The molecule has 2 heterocycles. The van der Waals surface area contributed by atoms with Crippen LogP contribution in [0.1, 0.15) is 24.1 Å². The van der Waals surface area contributed by atoms with Gasteiger partial charge in [0.1, 0.15) is 11.6 Å². The summed E-state index contributed by atoms with van der Waals surface area (Å²) < 4.78 is 5.15. The fourth-order valence-corrected chi connectivity index (χ4v) is 1.72. The van der Waals surface area contributed by atoms with Gasteiger partial charge in [-0.15, -0.1) is 0 Å². The molecule has 0 aliphatic heterocycles. The van der Waals surface area contributed by atoms with E-state index in [1.807, 2.05) is 27.0 Å². The van der Waals surface area contributed by atoms with Crippen molar-refractivity contribution in [2.75, 3.05) is 12.4 Å². The van der Waals surface area contributed by atoms with Gasteiger partial charge in [-0.3, -0.25) is 0 Å². The number of aryl methyl sites for hydroxylation is 3. The van der Waals surface area contributed by atoms with Gasteiger partial charge in [-0.1, -0.05) is 12.1 Å². The van der Waals surface area contributed by atoms with Gasteiger partial charge in [0.25, 0.3) is 0 Å². The van der Waals surface area contributed by atoms with E-state index in [9.17, 15) is 0 Å². The third-order valence-electron chi connectivity index (χ3n) is 2.65. The highest BCUT2D eigenvalue weighted by Gasteiger charge is 2.15. The number of anilines is 1. The SMILES string of the molecule is CCc1cc(NC)nc(-c2c(C)noc2C)n1. The zero-order chi connectivity index (χ0) is 12.4. The molecule has 0 aliphatic rings. The van der Waals surface area contributed by atoms with Crippen LogP contribution >= 0.6 is 0 Å². The van der Waals surface area contributed by atoms with Gasteiger partial charge < -0.3 is 9.84 Å². The fraction of sp³-hybridized carbons (Fsp3) is 0.417. The van der Waals surface area contributed by atoms with E-state index in [1.165, 1.54) is 0 Å². The Labute approximate surface area is 100 Å². The Bertz CT molecular complexity index is 492.